The van der Waals surface area contributed by atoms with E-state index in [0.29, 0.717) is 10.9 Å². The lowest BCUT2D eigenvalue weighted by molar-refractivity contribution is -0.139. The molecular formula is C28H30NO7P. The Balaban J connectivity index is 1.40. The fraction of sp³-hybridized carbons (Fsp3) is 0.286. The van der Waals surface area contributed by atoms with Crippen LogP contribution >= 0.6 is 7.60 Å². The maximum absolute atomic E-state index is 12.9. The molecule has 37 heavy (non-hydrogen) atoms. The van der Waals surface area contributed by atoms with Gasteiger partial charge in [-0.05, 0) is 53.8 Å². The van der Waals surface area contributed by atoms with Crippen LogP contribution in [0.15, 0.2) is 72.8 Å². The highest BCUT2D eigenvalue weighted by Crippen LogP contribution is 2.47. The van der Waals surface area contributed by atoms with E-state index in [-0.39, 0.29) is 32.2 Å². The van der Waals surface area contributed by atoms with Gasteiger partial charge in [-0.15, -0.1) is 0 Å². The Kier molecular flexibility index (Phi) is 8.44. The maximum atomic E-state index is 12.9. The van der Waals surface area contributed by atoms with Crippen molar-refractivity contribution in [3.05, 3.63) is 89.5 Å². The number of aliphatic carboxylic acids is 1. The molecule has 0 saturated carbocycles. The zero-order chi connectivity index (χ0) is 26.4. The summed E-state index contributed by atoms with van der Waals surface area (Å²) in [4.78, 5) is 24.5. The lowest BCUT2D eigenvalue weighted by atomic mass is 9.98. The number of amides is 1. The van der Waals surface area contributed by atoms with Crippen molar-refractivity contribution in [3.63, 3.8) is 0 Å². The van der Waals surface area contributed by atoms with Crippen LogP contribution in [0.5, 0.6) is 0 Å². The number of carboxylic acids is 1. The van der Waals surface area contributed by atoms with Gasteiger partial charge in [0.1, 0.15) is 12.6 Å². The minimum Gasteiger partial charge on any atom is -0.480 e. The molecule has 1 aliphatic carbocycles. The normalized spacial score (nSPS) is 13.5. The Morgan fingerprint density at radius 3 is 1.95 bits per heavy atom. The van der Waals surface area contributed by atoms with Crippen molar-refractivity contribution < 1.29 is 33.0 Å². The van der Waals surface area contributed by atoms with Gasteiger partial charge in [0.2, 0.25) is 0 Å². The zero-order valence-corrected chi connectivity index (χ0v) is 21.6. The van der Waals surface area contributed by atoms with Gasteiger partial charge >= 0.3 is 19.7 Å². The van der Waals surface area contributed by atoms with Crippen LogP contribution < -0.4 is 10.6 Å². The Bertz CT molecular complexity index is 1250. The Labute approximate surface area is 216 Å². The Morgan fingerprint density at radius 1 is 0.892 bits per heavy atom. The minimum absolute atomic E-state index is 0.0212. The van der Waals surface area contributed by atoms with Crippen LogP contribution in [0.25, 0.3) is 11.1 Å². The summed E-state index contributed by atoms with van der Waals surface area (Å²) < 4.78 is 29.1. The van der Waals surface area contributed by atoms with Gasteiger partial charge in [0.25, 0.3) is 0 Å². The zero-order valence-electron chi connectivity index (χ0n) is 20.8. The van der Waals surface area contributed by atoms with Crippen LogP contribution in [0, 0.1) is 0 Å². The fourth-order valence-corrected chi connectivity index (χ4v) is 6.13. The predicted octanol–water partition coefficient (Wildman–Crippen LogP) is 5.11. The second-order valence-electron chi connectivity index (χ2n) is 8.56. The molecule has 3 aromatic carbocycles. The molecule has 0 bridgehead atoms. The van der Waals surface area contributed by atoms with E-state index in [2.05, 4.69) is 5.32 Å². The molecule has 3 aromatic rings. The number of carbonyl (C=O) groups excluding carboxylic acids is 1. The van der Waals surface area contributed by atoms with E-state index < -0.39 is 25.7 Å². The average Bonchev–Trinajstić information content (AvgIpc) is 3.21. The van der Waals surface area contributed by atoms with E-state index in [1.807, 2.05) is 48.5 Å². The number of ether oxygens (including phenoxy) is 1. The highest BCUT2D eigenvalue weighted by atomic mass is 31.2. The third-order valence-corrected chi connectivity index (χ3v) is 8.35. The van der Waals surface area contributed by atoms with E-state index in [0.717, 1.165) is 22.3 Å². The van der Waals surface area contributed by atoms with Crippen molar-refractivity contribution >= 4 is 25.0 Å². The Hall–Kier alpha value is -3.45. The summed E-state index contributed by atoms with van der Waals surface area (Å²) in [7, 11) is -3.44. The monoisotopic (exact) mass is 523 g/mol. The van der Waals surface area contributed by atoms with Crippen LogP contribution in [0.3, 0.4) is 0 Å². The van der Waals surface area contributed by atoms with Crippen molar-refractivity contribution in [1.29, 1.82) is 0 Å². The first-order chi connectivity index (χ1) is 17.9. The van der Waals surface area contributed by atoms with Crippen LogP contribution in [0.2, 0.25) is 0 Å². The average molecular weight is 524 g/mol. The smallest absolute Gasteiger partial charge is 0.407 e. The number of carboxylic acid groups (broad SMARTS) is 1. The third-order valence-electron chi connectivity index (χ3n) is 6.22. The van der Waals surface area contributed by atoms with Gasteiger partial charge in [0.05, 0.1) is 18.5 Å². The van der Waals surface area contributed by atoms with Crippen molar-refractivity contribution in [1.82, 2.24) is 5.32 Å². The SMILES string of the molecule is CCOP(=O)(OCC)c1ccc(C[C@@H](NC(=O)OCC2c3ccccc3-c3ccccc32)C(=O)O)cc1. The van der Waals surface area contributed by atoms with Crippen LogP contribution in [-0.2, 0) is 29.6 Å². The summed E-state index contributed by atoms with van der Waals surface area (Å²) in [6, 6.07) is 21.2. The van der Waals surface area contributed by atoms with Crippen molar-refractivity contribution in [2.24, 2.45) is 0 Å². The molecule has 0 saturated heterocycles. The standard InChI is InChI=1S/C28H30NO7P/c1-3-35-37(33,36-4-2)20-15-13-19(14-16-20)17-26(27(30)31)29-28(32)34-18-25-23-11-7-5-9-21(23)22-10-6-8-12-24(22)25/h5-16,25-26H,3-4,17-18H2,1-2H3,(H,29,32)(H,30,31)/t26-/m1/s1. The molecule has 0 spiro atoms. The van der Waals surface area contributed by atoms with Gasteiger partial charge in [0, 0.05) is 12.3 Å². The number of benzene rings is 3. The summed E-state index contributed by atoms with van der Waals surface area (Å²) in [5.74, 6) is -1.31. The van der Waals surface area contributed by atoms with Gasteiger partial charge < -0.3 is 24.2 Å². The van der Waals surface area contributed by atoms with Crippen molar-refractivity contribution in [2.45, 2.75) is 32.2 Å². The van der Waals surface area contributed by atoms with E-state index in [4.69, 9.17) is 13.8 Å². The van der Waals surface area contributed by atoms with E-state index in [1.54, 1.807) is 38.1 Å². The number of rotatable bonds is 11. The summed E-state index contributed by atoms with van der Waals surface area (Å²) in [6.07, 6.45) is -0.781. The predicted molar refractivity (Wildman–Crippen MR) is 140 cm³/mol. The molecule has 1 aliphatic rings. The van der Waals surface area contributed by atoms with E-state index in [1.165, 1.54) is 0 Å². The molecule has 0 heterocycles. The lowest BCUT2D eigenvalue weighted by Gasteiger charge is -2.19. The van der Waals surface area contributed by atoms with Gasteiger partial charge in [0.15, 0.2) is 0 Å². The van der Waals surface area contributed by atoms with Gasteiger partial charge in [-0.1, -0.05) is 60.7 Å². The van der Waals surface area contributed by atoms with Gasteiger partial charge in [-0.2, -0.15) is 0 Å². The number of hydrogen-bond donors (Lipinski definition) is 2. The molecule has 8 nitrogen and oxygen atoms in total. The molecular weight excluding hydrogens is 493 g/mol. The lowest BCUT2D eigenvalue weighted by Crippen LogP contribution is -2.43. The molecule has 4 rings (SSSR count). The molecule has 194 valence electrons. The molecule has 2 N–H and O–H groups in total. The minimum atomic E-state index is -3.44. The summed E-state index contributed by atoms with van der Waals surface area (Å²) in [6.45, 7) is 4.00. The maximum Gasteiger partial charge on any atom is 0.407 e. The molecule has 0 radical (unpaired) electrons. The number of nitrogens with one attached hydrogen (secondary N) is 1. The van der Waals surface area contributed by atoms with Gasteiger partial charge in [-0.3, -0.25) is 4.57 Å². The molecule has 0 fully saturated rings. The number of hydrogen-bond acceptors (Lipinski definition) is 6. The molecule has 9 heteroatoms. The Morgan fingerprint density at radius 2 is 1.43 bits per heavy atom. The third kappa shape index (κ3) is 5.93. The first-order valence-corrected chi connectivity index (χ1v) is 13.7. The van der Waals surface area contributed by atoms with Gasteiger partial charge in [-0.25, -0.2) is 9.59 Å². The number of alkyl carbamates (subject to hydrolysis) is 1. The molecule has 1 atom stereocenters. The highest BCUT2D eigenvalue weighted by Gasteiger charge is 2.30. The van der Waals surface area contributed by atoms with Crippen LogP contribution in [0.4, 0.5) is 4.79 Å². The molecule has 1 amide bonds. The van der Waals surface area contributed by atoms with Crippen molar-refractivity contribution in [2.75, 3.05) is 19.8 Å². The first-order valence-electron chi connectivity index (χ1n) is 12.2. The number of carbonyl (C=O) groups is 2. The van der Waals surface area contributed by atoms with E-state index in [9.17, 15) is 19.3 Å². The first kappa shape index (κ1) is 26.6. The summed E-state index contributed by atoms with van der Waals surface area (Å²) in [5.41, 5.74) is 4.99. The van der Waals surface area contributed by atoms with Crippen LogP contribution in [0.1, 0.15) is 36.5 Å². The molecule has 0 unspecified atom stereocenters. The summed E-state index contributed by atoms with van der Waals surface area (Å²) in [5, 5.41) is 12.5. The second kappa shape index (κ2) is 11.7. The fourth-order valence-electron chi connectivity index (χ4n) is 4.56. The molecule has 0 aliphatic heterocycles. The topological polar surface area (TPSA) is 111 Å². The van der Waals surface area contributed by atoms with Crippen LogP contribution in [-0.4, -0.2) is 43.0 Å². The largest absolute Gasteiger partial charge is 0.480 e. The van der Waals surface area contributed by atoms with E-state index >= 15 is 0 Å². The second-order valence-corrected chi connectivity index (χ2v) is 10.6. The highest BCUT2D eigenvalue weighted by molar-refractivity contribution is 7.62. The quantitative estimate of drug-likeness (QED) is 0.336. The molecule has 0 aromatic heterocycles. The summed E-state index contributed by atoms with van der Waals surface area (Å²) >= 11 is 0. The van der Waals surface area contributed by atoms with Crippen molar-refractivity contribution in [3.8, 4) is 11.1 Å². The number of fused-ring (bicyclic) bond motifs is 3.